The van der Waals surface area contributed by atoms with E-state index >= 15 is 0 Å². The minimum atomic E-state index is -0.444. The molecule has 4 nitrogen and oxygen atoms in total. The standard InChI is InChI=1S/C20H29NO3/c1-3-4-14-21(2)18(22)19(17-8-6-5-7-9-17)10-12-20(13-11-19)23-15-16-24-20/h5-9H,3-4,10-16H2,1-2H3. The van der Waals surface area contributed by atoms with E-state index in [0.717, 1.165) is 50.6 Å². The summed E-state index contributed by atoms with van der Waals surface area (Å²) < 4.78 is 11.7. The maximum Gasteiger partial charge on any atom is 0.232 e. The van der Waals surface area contributed by atoms with Crippen molar-refractivity contribution >= 4 is 5.91 Å². The van der Waals surface area contributed by atoms with Crippen molar-refractivity contribution < 1.29 is 14.3 Å². The Kier molecular flexibility index (Phi) is 5.26. The fourth-order valence-electron chi connectivity index (χ4n) is 4.09. The van der Waals surface area contributed by atoms with Crippen molar-refractivity contribution in [2.45, 2.75) is 56.7 Å². The first-order valence-corrected chi connectivity index (χ1v) is 9.21. The lowest BCUT2D eigenvalue weighted by atomic mass is 9.66. The summed E-state index contributed by atoms with van der Waals surface area (Å²) in [6.07, 6.45) is 5.28. The summed E-state index contributed by atoms with van der Waals surface area (Å²) in [4.78, 5) is 15.3. The number of ether oxygens (including phenoxy) is 2. The van der Waals surface area contributed by atoms with Gasteiger partial charge in [0.15, 0.2) is 5.79 Å². The van der Waals surface area contributed by atoms with E-state index in [1.165, 1.54) is 0 Å². The number of benzene rings is 1. The highest BCUT2D eigenvalue weighted by molar-refractivity contribution is 5.88. The summed E-state index contributed by atoms with van der Waals surface area (Å²) in [5, 5.41) is 0. The number of unbranched alkanes of at least 4 members (excludes halogenated alkanes) is 1. The second-order valence-corrected chi connectivity index (χ2v) is 7.14. The van der Waals surface area contributed by atoms with Gasteiger partial charge in [0.25, 0.3) is 0 Å². The number of hydrogen-bond donors (Lipinski definition) is 0. The molecule has 1 spiro atoms. The minimum absolute atomic E-state index is 0.245. The van der Waals surface area contributed by atoms with Gasteiger partial charge in [-0.05, 0) is 24.8 Å². The average molecular weight is 331 g/mol. The quantitative estimate of drug-likeness (QED) is 0.829. The lowest BCUT2D eigenvalue weighted by Crippen LogP contribution is -2.51. The smallest absolute Gasteiger partial charge is 0.232 e. The molecule has 0 atom stereocenters. The molecular weight excluding hydrogens is 302 g/mol. The van der Waals surface area contributed by atoms with Crippen molar-refractivity contribution in [2.75, 3.05) is 26.8 Å². The summed E-state index contributed by atoms with van der Waals surface area (Å²) in [6.45, 7) is 4.32. The molecule has 0 bridgehead atoms. The van der Waals surface area contributed by atoms with Gasteiger partial charge < -0.3 is 14.4 Å². The SMILES string of the molecule is CCCCN(C)C(=O)C1(c2ccccc2)CCC2(CC1)OCCO2. The molecule has 1 aliphatic heterocycles. The molecule has 1 aliphatic carbocycles. The largest absolute Gasteiger partial charge is 0.348 e. The van der Waals surface area contributed by atoms with Gasteiger partial charge in [-0.1, -0.05) is 43.7 Å². The first-order valence-electron chi connectivity index (χ1n) is 9.21. The molecule has 0 radical (unpaired) electrons. The first kappa shape index (κ1) is 17.4. The zero-order valence-electron chi connectivity index (χ0n) is 14.9. The van der Waals surface area contributed by atoms with Gasteiger partial charge in [-0.2, -0.15) is 0 Å². The minimum Gasteiger partial charge on any atom is -0.348 e. The van der Waals surface area contributed by atoms with Crippen molar-refractivity contribution in [1.82, 2.24) is 4.90 Å². The van der Waals surface area contributed by atoms with Crippen LogP contribution in [0.15, 0.2) is 30.3 Å². The molecule has 1 saturated carbocycles. The molecule has 1 aromatic rings. The van der Waals surface area contributed by atoms with E-state index in [0.29, 0.717) is 13.2 Å². The maximum atomic E-state index is 13.4. The van der Waals surface area contributed by atoms with Gasteiger partial charge in [-0.15, -0.1) is 0 Å². The second-order valence-electron chi connectivity index (χ2n) is 7.14. The Morgan fingerprint density at radius 1 is 1.08 bits per heavy atom. The van der Waals surface area contributed by atoms with Crippen LogP contribution in [0.4, 0.5) is 0 Å². The van der Waals surface area contributed by atoms with Crippen LogP contribution in [0.3, 0.4) is 0 Å². The highest BCUT2D eigenvalue weighted by atomic mass is 16.7. The van der Waals surface area contributed by atoms with Crippen molar-refractivity contribution in [3.8, 4) is 0 Å². The summed E-state index contributed by atoms with van der Waals surface area (Å²) >= 11 is 0. The summed E-state index contributed by atoms with van der Waals surface area (Å²) in [5.41, 5.74) is 0.691. The third-order valence-corrected chi connectivity index (χ3v) is 5.61. The Bertz CT molecular complexity index is 541. The number of rotatable bonds is 5. The third-order valence-electron chi connectivity index (χ3n) is 5.61. The van der Waals surface area contributed by atoms with Gasteiger partial charge in [0.1, 0.15) is 0 Å². The average Bonchev–Trinajstić information content (AvgIpc) is 3.09. The predicted octanol–water partition coefficient (Wildman–Crippen LogP) is 3.50. The van der Waals surface area contributed by atoms with E-state index in [-0.39, 0.29) is 5.91 Å². The molecule has 1 heterocycles. The number of carbonyl (C=O) groups excluding carboxylic acids is 1. The van der Waals surface area contributed by atoms with E-state index in [4.69, 9.17) is 9.47 Å². The Labute approximate surface area is 145 Å². The molecule has 0 aromatic heterocycles. The van der Waals surface area contributed by atoms with Crippen molar-refractivity contribution in [1.29, 1.82) is 0 Å². The van der Waals surface area contributed by atoms with Crippen LogP contribution >= 0.6 is 0 Å². The fraction of sp³-hybridized carbons (Fsp3) is 0.650. The normalized spacial score (nSPS) is 21.8. The highest BCUT2D eigenvalue weighted by Crippen LogP contribution is 2.47. The van der Waals surface area contributed by atoms with Crippen LogP contribution in [0.25, 0.3) is 0 Å². The van der Waals surface area contributed by atoms with E-state index < -0.39 is 11.2 Å². The zero-order valence-corrected chi connectivity index (χ0v) is 14.9. The molecule has 3 rings (SSSR count). The van der Waals surface area contributed by atoms with E-state index in [1.54, 1.807) is 0 Å². The van der Waals surface area contributed by atoms with E-state index in [2.05, 4.69) is 19.1 Å². The first-order chi connectivity index (χ1) is 11.6. The lowest BCUT2D eigenvalue weighted by Gasteiger charge is -2.44. The van der Waals surface area contributed by atoms with Gasteiger partial charge in [-0.3, -0.25) is 4.79 Å². The Morgan fingerprint density at radius 3 is 2.29 bits per heavy atom. The molecular formula is C20H29NO3. The Hall–Kier alpha value is -1.39. The maximum absolute atomic E-state index is 13.4. The van der Waals surface area contributed by atoms with Crippen molar-refractivity contribution in [3.63, 3.8) is 0 Å². The van der Waals surface area contributed by atoms with Gasteiger partial charge in [0.2, 0.25) is 5.91 Å². The number of nitrogens with zero attached hydrogens (tertiary/aromatic N) is 1. The molecule has 2 fully saturated rings. The fourth-order valence-corrected chi connectivity index (χ4v) is 4.09. The van der Waals surface area contributed by atoms with Crippen molar-refractivity contribution in [3.05, 3.63) is 35.9 Å². The highest BCUT2D eigenvalue weighted by Gasteiger charge is 2.51. The van der Waals surface area contributed by atoms with Crippen molar-refractivity contribution in [2.24, 2.45) is 0 Å². The van der Waals surface area contributed by atoms with Gasteiger partial charge >= 0.3 is 0 Å². The van der Waals surface area contributed by atoms with E-state index in [9.17, 15) is 4.79 Å². The van der Waals surface area contributed by atoms with Gasteiger partial charge in [0, 0.05) is 26.4 Å². The topological polar surface area (TPSA) is 38.8 Å². The summed E-state index contributed by atoms with van der Waals surface area (Å²) in [7, 11) is 1.94. The summed E-state index contributed by atoms with van der Waals surface area (Å²) in [5.74, 6) is -0.199. The second kappa shape index (κ2) is 7.24. The van der Waals surface area contributed by atoms with Crippen LogP contribution in [0.5, 0.6) is 0 Å². The predicted molar refractivity (Wildman–Crippen MR) is 93.8 cm³/mol. The Morgan fingerprint density at radius 2 is 1.71 bits per heavy atom. The Balaban J connectivity index is 1.84. The third kappa shape index (κ3) is 3.22. The molecule has 132 valence electrons. The molecule has 0 N–H and O–H groups in total. The van der Waals surface area contributed by atoms with Gasteiger partial charge in [-0.25, -0.2) is 0 Å². The number of carbonyl (C=O) groups is 1. The molecule has 1 saturated heterocycles. The molecule has 24 heavy (non-hydrogen) atoms. The monoisotopic (exact) mass is 331 g/mol. The summed E-state index contributed by atoms with van der Waals surface area (Å²) in [6, 6.07) is 10.3. The molecule has 1 aromatic carbocycles. The molecule has 0 unspecified atom stereocenters. The number of hydrogen-bond acceptors (Lipinski definition) is 3. The number of likely N-dealkylation sites (N-methyl/N-ethyl adjacent to an activating group) is 1. The lowest BCUT2D eigenvalue weighted by molar-refractivity contribution is -0.188. The van der Waals surface area contributed by atoms with Gasteiger partial charge in [0.05, 0.1) is 18.6 Å². The van der Waals surface area contributed by atoms with Crippen LogP contribution in [0.2, 0.25) is 0 Å². The van der Waals surface area contributed by atoms with Crippen LogP contribution < -0.4 is 0 Å². The molecule has 4 heteroatoms. The molecule has 1 amide bonds. The molecule has 2 aliphatic rings. The van der Waals surface area contributed by atoms with Crippen LogP contribution in [-0.2, 0) is 19.7 Å². The van der Waals surface area contributed by atoms with Crippen LogP contribution in [-0.4, -0.2) is 43.4 Å². The van der Waals surface area contributed by atoms with Crippen LogP contribution in [0, 0.1) is 0 Å². The van der Waals surface area contributed by atoms with E-state index in [1.807, 2.05) is 30.1 Å². The number of amides is 1. The van der Waals surface area contributed by atoms with Crippen LogP contribution in [0.1, 0.15) is 51.0 Å². The zero-order chi connectivity index (χ0) is 17.0.